The number of thiophene rings is 1. The van der Waals surface area contributed by atoms with Crippen molar-refractivity contribution in [3.8, 4) is 5.75 Å². The van der Waals surface area contributed by atoms with Gasteiger partial charge in [0.1, 0.15) is 16.7 Å². The highest BCUT2D eigenvalue weighted by Gasteiger charge is 2.19. The molecule has 0 aliphatic carbocycles. The largest absolute Gasteiger partial charge is 0.489 e. The van der Waals surface area contributed by atoms with Crippen LogP contribution in [0.25, 0.3) is 10.9 Å². The molecule has 4 aromatic rings. The molecule has 6 nitrogen and oxygen atoms in total. The van der Waals surface area contributed by atoms with E-state index in [1.54, 1.807) is 35.7 Å². The molecular weight excluding hydrogens is 454 g/mol. The number of nitrogens with one attached hydrogen (secondary N) is 1. The Kier molecular flexibility index (Phi) is 7.39. The molecule has 0 amide bonds. The number of benzene rings is 2. The van der Waals surface area contributed by atoms with Crippen LogP contribution in [0.4, 0.5) is 0 Å². The molecule has 0 spiro atoms. The van der Waals surface area contributed by atoms with E-state index in [-0.39, 0.29) is 17.5 Å². The summed E-state index contributed by atoms with van der Waals surface area (Å²) in [7, 11) is -1.63. The highest BCUT2D eigenvalue weighted by Crippen LogP contribution is 2.21. The van der Waals surface area contributed by atoms with Gasteiger partial charge < -0.3 is 4.74 Å². The fourth-order valence-electron chi connectivity index (χ4n) is 3.65. The van der Waals surface area contributed by atoms with Crippen LogP contribution >= 0.6 is 11.3 Å². The molecule has 1 atom stereocenters. The molecule has 1 unspecified atom stereocenters. The van der Waals surface area contributed by atoms with Gasteiger partial charge in [0.25, 0.3) is 0 Å². The number of ether oxygens (including phenoxy) is 1. The first kappa shape index (κ1) is 23.4. The fourth-order valence-corrected chi connectivity index (χ4v) is 5.60. The molecular formula is C25H27N3O3S2. The third kappa shape index (κ3) is 6.17. The maximum absolute atomic E-state index is 12.9. The summed E-state index contributed by atoms with van der Waals surface area (Å²) in [5.41, 5.74) is 2.90. The highest BCUT2D eigenvalue weighted by molar-refractivity contribution is 7.89. The van der Waals surface area contributed by atoms with Crippen LogP contribution in [-0.4, -0.2) is 38.0 Å². The third-order valence-electron chi connectivity index (χ3n) is 5.17. The van der Waals surface area contributed by atoms with E-state index in [0.29, 0.717) is 5.52 Å². The summed E-state index contributed by atoms with van der Waals surface area (Å²) in [5.74, 6) is 0.718. The molecule has 0 aliphatic rings. The zero-order valence-electron chi connectivity index (χ0n) is 18.6. The summed E-state index contributed by atoms with van der Waals surface area (Å²) >= 11 is 1.70. The Morgan fingerprint density at radius 1 is 1.06 bits per heavy atom. The van der Waals surface area contributed by atoms with E-state index >= 15 is 0 Å². The first-order chi connectivity index (χ1) is 15.9. The van der Waals surface area contributed by atoms with E-state index in [9.17, 15) is 8.42 Å². The van der Waals surface area contributed by atoms with Gasteiger partial charge in [0.2, 0.25) is 10.0 Å². The fraction of sp³-hybridized carbons (Fsp3) is 0.240. The summed E-state index contributed by atoms with van der Waals surface area (Å²) in [6.07, 6.45) is 1.25. The minimum atomic E-state index is -3.72. The molecule has 0 saturated carbocycles. The molecule has 1 N–H and O–H groups in total. The quantitative estimate of drug-likeness (QED) is 0.356. The zero-order valence-corrected chi connectivity index (χ0v) is 20.3. The Hall–Kier alpha value is -2.78. The number of nitrogens with zero attached hydrogens (tertiary/aromatic N) is 2. The number of para-hydroxylation sites is 1. The maximum atomic E-state index is 12.9. The Morgan fingerprint density at radius 2 is 1.85 bits per heavy atom. The van der Waals surface area contributed by atoms with Gasteiger partial charge in [0, 0.05) is 31.2 Å². The van der Waals surface area contributed by atoms with Crippen molar-refractivity contribution >= 4 is 32.3 Å². The zero-order chi connectivity index (χ0) is 23.3. The lowest BCUT2D eigenvalue weighted by Gasteiger charge is -2.19. The average Bonchev–Trinajstić information content (AvgIpc) is 3.30. The lowest BCUT2D eigenvalue weighted by atomic mass is 10.2. The van der Waals surface area contributed by atoms with E-state index in [2.05, 4.69) is 44.5 Å². The Labute approximate surface area is 198 Å². The van der Waals surface area contributed by atoms with Crippen LogP contribution in [0.3, 0.4) is 0 Å². The molecule has 4 rings (SSSR count). The van der Waals surface area contributed by atoms with Gasteiger partial charge in [-0.05, 0) is 66.2 Å². The van der Waals surface area contributed by atoms with Crippen molar-refractivity contribution in [1.29, 1.82) is 0 Å². The van der Waals surface area contributed by atoms with E-state index in [4.69, 9.17) is 4.74 Å². The number of fused-ring (bicyclic) bond motifs is 1. The van der Waals surface area contributed by atoms with E-state index in [1.807, 2.05) is 37.3 Å². The van der Waals surface area contributed by atoms with Gasteiger partial charge >= 0.3 is 0 Å². The van der Waals surface area contributed by atoms with Crippen LogP contribution in [0.15, 0.2) is 82.5 Å². The second-order valence-corrected chi connectivity index (χ2v) is 10.6. The van der Waals surface area contributed by atoms with Crippen LogP contribution in [0.1, 0.15) is 18.1 Å². The summed E-state index contributed by atoms with van der Waals surface area (Å²) in [6, 6.07) is 18.8. The van der Waals surface area contributed by atoms with Crippen LogP contribution in [-0.2, 0) is 23.1 Å². The lowest BCUT2D eigenvalue weighted by Crippen LogP contribution is -2.33. The van der Waals surface area contributed by atoms with E-state index in [0.717, 1.165) is 29.8 Å². The van der Waals surface area contributed by atoms with Crippen molar-refractivity contribution in [3.05, 3.63) is 88.7 Å². The Morgan fingerprint density at radius 3 is 2.67 bits per heavy atom. The van der Waals surface area contributed by atoms with Crippen molar-refractivity contribution in [3.63, 3.8) is 0 Å². The standard InChI is InChI=1S/C25H27N3O3S2/c1-19(15-27-33(29,30)24-10-4-7-22-8-5-12-26-25(22)24)31-23-9-3-6-20(14-23)16-28(2)17-21-11-13-32-18-21/h3-14,18-19,27H,15-17H2,1-2H3. The van der Waals surface area contributed by atoms with Crippen molar-refractivity contribution in [2.45, 2.75) is 31.0 Å². The highest BCUT2D eigenvalue weighted by atomic mass is 32.2. The van der Waals surface area contributed by atoms with Crippen LogP contribution in [0, 0.1) is 0 Å². The van der Waals surface area contributed by atoms with Crippen molar-refractivity contribution < 1.29 is 13.2 Å². The van der Waals surface area contributed by atoms with Gasteiger partial charge in [-0.25, -0.2) is 13.1 Å². The van der Waals surface area contributed by atoms with Gasteiger partial charge in [-0.3, -0.25) is 9.88 Å². The Balaban J connectivity index is 1.36. The summed E-state index contributed by atoms with van der Waals surface area (Å²) in [5, 5.41) is 5.03. The maximum Gasteiger partial charge on any atom is 0.242 e. The predicted octanol–water partition coefficient (Wildman–Crippen LogP) is 4.67. The van der Waals surface area contributed by atoms with Crippen LogP contribution in [0.5, 0.6) is 5.75 Å². The second-order valence-electron chi connectivity index (χ2n) is 8.06. The molecule has 172 valence electrons. The molecule has 2 heterocycles. The van der Waals surface area contributed by atoms with Crippen molar-refractivity contribution in [2.75, 3.05) is 13.6 Å². The number of rotatable bonds is 10. The number of hydrogen-bond donors (Lipinski definition) is 1. The van der Waals surface area contributed by atoms with Crippen LogP contribution in [0.2, 0.25) is 0 Å². The lowest BCUT2D eigenvalue weighted by molar-refractivity contribution is 0.224. The minimum Gasteiger partial charge on any atom is -0.489 e. The van der Waals surface area contributed by atoms with Gasteiger partial charge in [0.15, 0.2) is 0 Å². The smallest absolute Gasteiger partial charge is 0.242 e. The molecule has 2 aromatic carbocycles. The summed E-state index contributed by atoms with van der Waals surface area (Å²) in [4.78, 5) is 6.66. The summed E-state index contributed by atoms with van der Waals surface area (Å²) in [6.45, 7) is 3.67. The molecule has 0 radical (unpaired) electrons. The van der Waals surface area contributed by atoms with Gasteiger partial charge in [-0.15, -0.1) is 0 Å². The second kappa shape index (κ2) is 10.4. The van der Waals surface area contributed by atoms with E-state index in [1.165, 1.54) is 5.56 Å². The average molecular weight is 482 g/mol. The van der Waals surface area contributed by atoms with Gasteiger partial charge in [0.05, 0.1) is 5.52 Å². The molecule has 0 saturated heterocycles. The van der Waals surface area contributed by atoms with Gasteiger partial charge in [-0.2, -0.15) is 11.3 Å². The molecule has 0 bridgehead atoms. The summed E-state index contributed by atoms with van der Waals surface area (Å²) < 4.78 is 34.5. The SMILES string of the molecule is CC(CNS(=O)(=O)c1cccc2cccnc12)Oc1cccc(CN(C)Cc2ccsc2)c1. The molecule has 0 fully saturated rings. The normalized spacial score (nSPS) is 12.8. The van der Waals surface area contributed by atoms with Crippen LogP contribution < -0.4 is 9.46 Å². The molecule has 8 heteroatoms. The third-order valence-corrected chi connectivity index (χ3v) is 7.35. The number of sulfonamides is 1. The number of aromatic nitrogens is 1. The molecule has 33 heavy (non-hydrogen) atoms. The van der Waals surface area contributed by atoms with Crippen molar-refractivity contribution in [1.82, 2.24) is 14.6 Å². The predicted molar refractivity (Wildman–Crippen MR) is 133 cm³/mol. The van der Waals surface area contributed by atoms with Gasteiger partial charge in [-0.1, -0.05) is 30.3 Å². The first-order valence-electron chi connectivity index (χ1n) is 10.7. The monoisotopic (exact) mass is 481 g/mol. The van der Waals surface area contributed by atoms with E-state index < -0.39 is 10.0 Å². The number of pyridine rings is 1. The Bertz CT molecular complexity index is 1300. The van der Waals surface area contributed by atoms with Crippen molar-refractivity contribution in [2.24, 2.45) is 0 Å². The topological polar surface area (TPSA) is 71.5 Å². The number of hydrogen-bond acceptors (Lipinski definition) is 6. The first-order valence-corrected chi connectivity index (χ1v) is 13.1. The minimum absolute atomic E-state index is 0.147. The molecule has 2 aromatic heterocycles. The molecule has 0 aliphatic heterocycles.